The number of nitrogens with one attached hydrogen (secondary N) is 1. The molecule has 1 saturated carbocycles. The van der Waals surface area contributed by atoms with Crippen LogP contribution in [0.5, 0.6) is 0 Å². The van der Waals surface area contributed by atoms with Gasteiger partial charge in [-0.1, -0.05) is 12.2 Å². The van der Waals surface area contributed by atoms with Crippen LogP contribution in [0, 0.1) is 0 Å². The summed E-state index contributed by atoms with van der Waals surface area (Å²) < 4.78 is 27.3. The minimum absolute atomic E-state index is 0.0410. The molecule has 0 bridgehead atoms. The minimum atomic E-state index is -3.81. The molecule has 3 rings (SSSR count). The first-order valence-corrected chi connectivity index (χ1v) is 8.97. The number of nitrogens with zero attached hydrogens (tertiary/aromatic N) is 2. The Kier molecular flexibility index (Phi) is 3.64. The van der Waals surface area contributed by atoms with Crippen molar-refractivity contribution in [2.75, 3.05) is 4.72 Å². The van der Waals surface area contributed by atoms with Crippen LogP contribution in [-0.2, 0) is 10.0 Å². The Morgan fingerprint density at radius 2 is 2.24 bits per heavy atom. The van der Waals surface area contributed by atoms with Gasteiger partial charge in [-0.15, -0.1) is 11.3 Å². The van der Waals surface area contributed by atoms with Crippen molar-refractivity contribution in [3.05, 3.63) is 35.1 Å². The smallest absolute Gasteiger partial charge is 0.265 e. The van der Waals surface area contributed by atoms with Crippen molar-refractivity contribution in [3.63, 3.8) is 0 Å². The van der Waals surface area contributed by atoms with Gasteiger partial charge in [0.2, 0.25) is 0 Å². The normalized spacial score (nSPS) is 14.9. The number of rotatable bonds is 5. The highest BCUT2D eigenvalue weighted by Crippen LogP contribution is 2.41. The van der Waals surface area contributed by atoms with Crippen LogP contribution in [0.2, 0.25) is 0 Å². The third-order valence-corrected chi connectivity index (χ3v) is 5.50. The number of nitrogens with two attached hydrogens (primary N) is 1. The Labute approximate surface area is 131 Å². The second kappa shape index (κ2) is 5.32. The van der Waals surface area contributed by atoms with Gasteiger partial charge in [0.15, 0.2) is 5.13 Å². The first-order valence-electron chi connectivity index (χ1n) is 6.20. The number of hydrogen-bond donors (Lipinski definition) is 2. The van der Waals surface area contributed by atoms with Gasteiger partial charge >= 0.3 is 0 Å². The van der Waals surface area contributed by atoms with E-state index in [2.05, 4.69) is 14.7 Å². The molecule has 6 nitrogen and oxygen atoms in total. The Morgan fingerprint density at radius 3 is 2.90 bits per heavy atom. The highest BCUT2D eigenvalue weighted by molar-refractivity contribution is 7.93. The average Bonchev–Trinajstić information content (AvgIpc) is 3.20. The first kappa shape index (κ1) is 14.4. The van der Waals surface area contributed by atoms with E-state index < -0.39 is 10.0 Å². The highest BCUT2D eigenvalue weighted by atomic mass is 32.2. The number of aromatic nitrogens is 2. The fourth-order valence-corrected chi connectivity index (χ4v) is 4.31. The maximum absolute atomic E-state index is 12.4. The molecule has 0 unspecified atom stereocenters. The molecule has 0 amide bonds. The van der Waals surface area contributed by atoms with Gasteiger partial charge in [0.05, 0.1) is 5.69 Å². The Balaban J connectivity index is 1.91. The molecular weight excluding hydrogens is 328 g/mol. The lowest BCUT2D eigenvalue weighted by atomic mass is 10.3. The van der Waals surface area contributed by atoms with E-state index in [9.17, 15) is 8.42 Å². The number of hydrogen-bond acceptors (Lipinski definition) is 6. The number of thiazole rings is 1. The van der Waals surface area contributed by atoms with Crippen LogP contribution >= 0.6 is 23.6 Å². The summed E-state index contributed by atoms with van der Waals surface area (Å²) in [6.45, 7) is 0. The predicted molar refractivity (Wildman–Crippen MR) is 85.0 cm³/mol. The molecule has 0 aliphatic heterocycles. The predicted octanol–water partition coefficient (Wildman–Crippen LogP) is 1.85. The third-order valence-electron chi connectivity index (χ3n) is 3.03. The summed E-state index contributed by atoms with van der Waals surface area (Å²) in [6.07, 6.45) is 3.68. The number of thiocarbonyl (C=S) groups is 1. The summed E-state index contributed by atoms with van der Waals surface area (Å²) in [5, 5.41) is 2.22. The molecule has 1 aliphatic rings. The van der Waals surface area contributed by atoms with Crippen LogP contribution in [0.4, 0.5) is 5.13 Å². The summed E-state index contributed by atoms with van der Waals surface area (Å²) in [5.74, 6) is 0.477. The number of sulfonamides is 1. The van der Waals surface area contributed by atoms with Gasteiger partial charge in [-0.2, -0.15) is 0 Å². The molecule has 2 heterocycles. The van der Waals surface area contributed by atoms with Crippen molar-refractivity contribution >= 4 is 43.7 Å². The van der Waals surface area contributed by atoms with Crippen LogP contribution in [0.15, 0.2) is 28.6 Å². The zero-order valence-electron chi connectivity index (χ0n) is 10.8. The van der Waals surface area contributed by atoms with Gasteiger partial charge in [-0.05, 0) is 25.0 Å². The molecular formula is C12H12N4O2S3. The zero-order chi connectivity index (χ0) is 15.0. The topological polar surface area (TPSA) is 98.0 Å². The molecule has 2 aromatic rings. The van der Waals surface area contributed by atoms with E-state index in [4.69, 9.17) is 18.0 Å². The monoisotopic (exact) mass is 340 g/mol. The van der Waals surface area contributed by atoms with E-state index >= 15 is 0 Å². The van der Waals surface area contributed by atoms with Crippen LogP contribution in [0.3, 0.4) is 0 Å². The number of anilines is 1. The van der Waals surface area contributed by atoms with E-state index in [1.807, 2.05) is 5.38 Å². The molecule has 9 heteroatoms. The van der Waals surface area contributed by atoms with Crippen LogP contribution in [0.1, 0.15) is 30.1 Å². The molecule has 0 radical (unpaired) electrons. The van der Waals surface area contributed by atoms with Crippen molar-refractivity contribution in [2.24, 2.45) is 5.73 Å². The van der Waals surface area contributed by atoms with Crippen LogP contribution in [0.25, 0.3) is 0 Å². The zero-order valence-corrected chi connectivity index (χ0v) is 13.3. The molecule has 0 spiro atoms. The SMILES string of the molecule is NC(=S)c1ncccc1S(=O)(=O)Nc1nc(C2CC2)cs1. The molecule has 21 heavy (non-hydrogen) atoms. The lowest BCUT2D eigenvalue weighted by Crippen LogP contribution is -2.21. The van der Waals surface area contributed by atoms with E-state index in [1.165, 1.54) is 29.7 Å². The van der Waals surface area contributed by atoms with Gasteiger partial charge in [-0.25, -0.2) is 13.4 Å². The molecule has 0 saturated heterocycles. The third kappa shape index (κ3) is 3.04. The fraction of sp³-hybridized carbons (Fsp3) is 0.250. The average molecular weight is 340 g/mol. The van der Waals surface area contributed by atoms with Crippen molar-refractivity contribution in [2.45, 2.75) is 23.7 Å². The summed E-state index contributed by atoms with van der Waals surface area (Å²) in [4.78, 5) is 8.13. The second-order valence-corrected chi connectivity index (χ2v) is 7.62. The summed E-state index contributed by atoms with van der Waals surface area (Å²) in [5.41, 5.74) is 6.55. The minimum Gasteiger partial charge on any atom is -0.388 e. The highest BCUT2D eigenvalue weighted by Gasteiger charge is 2.27. The summed E-state index contributed by atoms with van der Waals surface area (Å²) >= 11 is 6.11. The van der Waals surface area contributed by atoms with Gasteiger partial charge in [-0.3, -0.25) is 9.71 Å². The van der Waals surface area contributed by atoms with E-state index in [1.54, 1.807) is 0 Å². The molecule has 1 aliphatic carbocycles. The van der Waals surface area contributed by atoms with Gasteiger partial charge in [0.1, 0.15) is 15.6 Å². The fourth-order valence-electron chi connectivity index (χ4n) is 1.86. The summed E-state index contributed by atoms with van der Waals surface area (Å²) in [6, 6.07) is 2.94. The second-order valence-electron chi connectivity index (χ2n) is 4.67. The van der Waals surface area contributed by atoms with Crippen molar-refractivity contribution in [3.8, 4) is 0 Å². The Bertz CT molecular complexity index is 796. The van der Waals surface area contributed by atoms with Crippen LogP contribution in [-0.4, -0.2) is 23.4 Å². The van der Waals surface area contributed by atoms with E-state index in [0.717, 1.165) is 18.5 Å². The van der Waals surface area contributed by atoms with Crippen LogP contribution < -0.4 is 10.5 Å². The molecule has 2 aromatic heterocycles. The van der Waals surface area contributed by atoms with Gasteiger partial charge < -0.3 is 5.73 Å². The number of pyridine rings is 1. The van der Waals surface area contributed by atoms with Crippen molar-refractivity contribution in [1.29, 1.82) is 0 Å². The Morgan fingerprint density at radius 1 is 1.48 bits per heavy atom. The quantitative estimate of drug-likeness (QED) is 0.806. The molecule has 110 valence electrons. The van der Waals surface area contributed by atoms with E-state index in [-0.39, 0.29) is 15.6 Å². The van der Waals surface area contributed by atoms with Crippen molar-refractivity contribution < 1.29 is 8.42 Å². The van der Waals surface area contributed by atoms with Gasteiger partial charge in [0, 0.05) is 17.5 Å². The lowest BCUT2D eigenvalue weighted by molar-refractivity contribution is 0.600. The molecule has 0 atom stereocenters. The maximum atomic E-state index is 12.4. The largest absolute Gasteiger partial charge is 0.388 e. The van der Waals surface area contributed by atoms with E-state index in [0.29, 0.717) is 11.0 Å². The lowest BCUT2D eigenvalue weighted by Gasteiger charge is -2.08. The maximum Gasteiger partial charge on any atom is 0.265 e. The molecule has 3 N–H and O–H groups in total. The van der Waals surface area contributed by atoms with Crippen molar-refractivity contribution in [1.82, 2.24) is 9.97 Å². The van der Waals surface area contributed by atoms with Gasteiger partial charge in [0.25, 0.3) is 10.0 Å². The standard InChI is InChI=1S/C12H12N4O2S3/c13-11(19)10-9(2-1-5-14-10)21(17,18)16-12-15-8(6-20-12)7-3-4-7/h1-2,5-7H,3-4H2,(H2,13,19)(H,15,16). The molecule has 1 fully saturated rings. The molecule has 0 aromatic carbocycles. The Hall–Kier alpha value is -1.58. The summed E-state index contributed by atoms with van der Waals surface area (Å²) in [7, 11) is -3.81. The first-order chi connectivity index (χ1) is 9.97.